The summed E-state index contributed by atoms with van der Waals surface area (Å²) < 4.78 is 16.7. The van der Waals surface area contributed by atoms with Crippen LogP contribution in [0.25, 0.3) is 0 Å². The molecule has 0 aliphatic heterocycles. The van der Waals surface area contributed by atoms with E-state index in [-0.39, 0.29) is 31.1 Å². The quantitative estimate of drug-likeness (QED) is 0.0261. The number of allylic oxidation sites excluding steroid dienone is 14. The van der Waals surface area contributed by atoms with Crippen LogP contribution in [-0.4, -0.2) is 37.2 Å². The van der Waals surface area contributed by atoms with Crippen molar-refractivity contribution in [1.82, 2.24) is 0 Å². The van der Waals surface area contributed by atoms with E-state index in [1.165, 1.54) is 135 Å². The first-order chi connectivity index (χ1) is 35.0. The fraction of sp³-hybridized carbons (Fsp3) is 0.738. The molecule has 0 aromatic rings. The van der Waals surface area contributed by atoms with Gasteiger partial charge in [-0.15, -0.1) is 0 Å². The van der Waals surface area contributed by atoms with Crippen molar-refractivity contribution < 1.29 is 28.6 Å². The predicted molar refractivity (Wildman–Crippen MR) is 307 cm³/mol. The van der Waals surface area contributed by atoms with Crippen LogP contribution in [0.4, 0.5) is 0 Å². The van der Waals surface area contributed by atoms with Gasteiger partial charge in [0.25, 0.3) is 0 Å². The van der Waals surface area contributed by atoms with Crippen LogP contribution in [0.15, 0.2) is 85.1 Å². The Morgan fingerprint density at radius 3 is 0.930 bits per heavy atom. The van der Waals surface area contributed by atoms with E-state index in [9.17, 15) is 14.4 Å². The second-order valence-electron chi connectivity index (χ2n) is 19.9. The molecule has 0 aliphatic carbocycles. The van der Waals surface area contributed by atoms with Crippen molar-refractivity contribution in [2.75, 3.05) is 13.2 Å². The number of unbranched alkanes of at least 4 members (excludes halogenated alkanes) is 29. The third-order valence-electron chi connectivity index (χ3n) is 12.9. The summed E-state index contributed by atoms with van der Waals surface area (Å²) >= 11 is 0. The smallest absolute Gasteiger partial charge is 0.306 e. The molecule has 0 fully saturated rings. The second-order valence-corrected chi connectivity index (χ2v) is 19.9. The van der Waals surface area contributed by atoms with Crippen LogP contribution in [0.3, 0.4) is 0 Å². The number of hydrogen-bond donors (Lipinski definition) is 0. The number of rotatable bonds is 54. The van der Waals surface area contributed by atoms with Crippen LogP contribution < -0.4 is 0 Å². The largest absolute Gasteiger partial charge is 0.462 e. The van der Waals surface area contributed by atoms with Gasteiger partial charge < -0.3 is 14.2 Å². The monoisotopic (exact) mass is 989 g/mol. The fourth-order valence-corrected chi connectivity index (χ4v) is 8.39. The molecular formula is C65H112O6. The average Bonchev–Trinajstić information content (AvgIpc) is 3.37. The van der Waals surface area contributed by atoms with Crippen molar-refractivity contribution in [3.63, 3.8) is 0 Å². The first-order valence-corrected chi connectivity index (χ1v) is 30.1. The highest BCUT2D eigenvalue weighted by Crippen LogP contribution is 2.16. The molecule has 1 atom stereocenters. The number of esters is 3. The predicted octanol–water partition coefficient (Wildman–Crippen LogP) is 20.3. The molecule has 0 rings (SSSR count). The highest BCUT2D eigenvalue weighted by molar-refractivity contribution is 5.71. The van der Waals surface area contributed by atoms with E-state index in [0.717, 1.165) is 116 Å². The molecule has 0 radical (unpaired) electrons. The SMILES string of the molecule is CC/C=C\C/C=C\C/C=C\C/C=C\C/C=C\C/C=C\CCCCCCCCCCCCCCCCCCC(=O)OCC(COC(=O)CCCCCCCCCC)OC(=O)CCCCCCC/C=C\CCC. The van der Waals surface area contributed by atoms with Crippen molar-refractivity contribution in [2.24, 2.45) is 0 Å². The van der Waals surface area contributed by atoms with Gasteiger partial charge in [0.05, 0.1) is 0 Å². The van der Waals surface area contributed by atoms with E-state index in [1.54, 1.807) is 0 Å². The minimum atomic E-state index is -0.774. The highest BCUT2D eigenvalue weighted by Gasteiger charge is 2.19. The molecule has 0 heterocycles. The fourth-order valence-electron chi connectivity index (χ4n) is 8.39. The lowest BCUT2D eigenvalue weighted by Crippen LogP contribution is -2.30. The zero-order valence-electron chi connectivity index (χ0n) is 46.7. The van der Waals surface area contributed by atoms with Crippen LogP contribution in [0.2, 0.25) is 0 Å². The maximum atomic E-state index is 12.7. The van der Waals surface area contributed by atoms with Gasteiger partial charge in [0.2, 0.25) is 0 Å². The zero-order chi connectivity index (χ0) is 51.4. The normalized spacial score (nSPS) is 12.7. The molecule has 0 amide bonds. The molecular weight excluding hydrogens is 877 g/mol. The van der Waals surface area contributed by atoms with Crippen LogP contribution >= 0.6 is 0 Å². The lowest BCUT2D eigenvalue weighted by molar-refractivity contribution is -0.167. The molecule has 0 aromatic heterocycles. The Balaban J connectivity index is 3.95. The summed E-state index contributed by atoms with van der Waals surface area (Å²) in [7, 11) is 0. The van der Waals surface area contributed by atoms with Gasteiger partial charge in [-0.05, 0) is 89.9 Å². The van der Waals surface area contributed by atoms with E-state index < -0.39 is 6.10 Å². The number of carbonyl (C=O) groups is 3. The van der Waals surface area contributed by atoms with Gasteiger partial charge in [-0.1, -0.05) is 266 Å². The van der Waals surface area contributed by atoms with Gasteiger partial charge in [-0.25, -0.2) is 0 Å². The van der Waals surface area contributed by atoms with Crippen LogP contribution in [0.5, 0.6) is 0 Å². The van der Waals surface area contributed by atoms with Crippen molar-refractivity contribution in [3.05, 3.63) is 85.1 Å². The summed E-state index contributed by atoms with van der Waals surface area (Å²) in [5.41, 5.74) is 0. The number of ether oxygens (including phenoxy) is 3. The van der Waals surface area contributed by atoms with Crippen molar-refractivity contribution in [2.45, 2.75) is 297 Å². The Morgan fingerprint density at radius 2 is 0.577 bits per heavy atom. The minimum absolute atomic E-state index is 0.0757. The lowest BCUT2D eigenvalue weighted by atomic mass is 10.0. The summed E-state index contributed by atoms with van der Waals surface area (Å²) in [4.78, 5) is 37.9. The summed E-state index contributed by atoms with van der Waals surface area (Å²) in [6.45, 7) is 6.44. The van der Waals surface area contributed by atoms with Gasteiger partial charge in [0.15, 0.2) is 6.10 Å². The van der Waals surface area contributed by atoms with Crippen molar-refractivity contribution in [3.8, 4) is 0 Å². The molecule has 408 valence electrons. The first-order valence-electron chi connectivity index (χ1n) is 30.1. The summed E-state index contributed by atoms with van der Waals surface area (Å²) in [6, 6.07) is 0. The third-order valence-corrected chi connectivity index (χ3v) is 12.9. The lowest BCUT2D eigenvalue weighted by Gasteiger charge is -2.18. The van der Waals surface area contributed by atoms with Crippen LogP contribution in [0, 0.1) is 0 Å². The number of carbonyl (C=O) groups excluding carboxylic acids is 3. The van der Waals surface area contributed by atoms with Gasteiger partial charge in [0, 0.05) is 19.3 Å². The van der Waals surface area contributed by atoms with E-state index in [4.69, 9.17) is 14.2 Å². The Bertz CT molecular complexity index is 1370. The van der Waals surface area contributed by atoms with E-state index >= 15 is 0 Å². The van der Waals surface area contributed by atoms with Gasteiger partial charge >= 0.3 is 17.9 Å². The molecule has 0 saturated heterocycles. The molecule has 1 unspecified atom stereocenters. The van der Waals surface area contributed by atoms with Crippen molar-refractivity contribution >= 4 is 17.9 Å². The first kappa shape index (κ1) is 67.6. The van der Waals surface area contributed by atoms with Gasteiger partial charge in [-0.2, -0.15) is 0 Å². The standard InChI is InChI=1S/C65H112O6/c1-4-7-10-13-16-19-21-22-23-24-25-26-27-28-29-30-31-32-33-34-35-36-37-38-39-40-41-42-43-44-45-47-49-52-55-58-64(67)70-61-62(60-69-63(66)57-54-51-48-18-15-12-9-6-3)71-65(68)59-56-53-50-46-20-17-14-11-8-5-2/h7,10-11,14,16,19,22-23,25-26,28-29,31-32,62H,4-6,8-9,12-13,15,17-18,20-21,24,27,30,33-61H2,1-3H3/b10-7-,14-11-,19-16-,23-22-,26-25-,29-28-,32-31-. The van der Waals surface area contributed by atoms with E-state index in [0.29, 0.717) is 19.3 Å². The zero-order valence-corrected chi connectivity index (χ0v) is 46.7. The average molecular weight is 990 g/mol. The molecule has 6 heteroatoms. The molecule has 71 heavy (non-hydrogen) atoms. The summed E-state index contributed by atoms with van der Waals surface area (Å²) in [5, 5.41) is 0. The van der Waals surface area contributed by atoms with Crippen molar-refractivity contribution in [1.29, 1.82) is 0 Å². The Morgan fingerprint density at radius 1 is 0.296 bits per heavy atom. The topological polar surface area (TPSA) is 78.9 Å². The molecule has 0 bridgehead atoms. The molecule has 0 N–H and O–H groups in total. The molecule has 0 spiro atoms. The van der Waals surface area contributed by atoms with E-state index in [1.807, 2.05) is 0 Å². The third kappa shape index (κ3) is 57.4. The summed E-state index contributed by atoms with van der Waals surface area (Å²) in [6.07, 6.45) is 77.7. The van der Waals surface area contributed by atoms with Gasteiger partial charge in [0.1, 0.15) is 13.2 Å². The van der Waals surface area contributed by atoms with Gasteiger partial charge in [-0.3, -0.25) is 14.4 Å². The maximum absolute atomic E-state index is 12.7. The number of hydrogen-bond acceptors (Lipinski definition) is 6. The van der Waals surface area contributed by atoms with Crippen LogP contribution in [0.1, 0.15) is 290 Å². The van der Waals surface area contributed by atoms with E-state index in [2.05, 4.69) is 106 Å². The second kappa shape index (κ2) is 59.2. The van der Waals surface area contributed by atoms with Crippen LogP contribution in [-0.2, 0) is 28.6 Å². The summed E-state index contributed by atoms with van der Waals surface area (Å²) in [5.74, 6) is -0.885. The molecule has 0 aliphatic rings. The highest BCUT2D eigenvalue weighted by atomic mass is 16.6. The Labute approximate surface area is 439 Å². The Hall–Kier alpha value is -3.41. The molecule has 0 saturated carbocycles. The molecule has 6 nitrogen and oxygen atoms in total. The minimum Gasteiger partial charge on any atom is -0.462 e. The molecule has 0 aromatic carbocycles. The Kier molecular flexibility index (Phi) is 56.3. The maximum Gasteiger partial charge on any atom is 0.306 e.